The molecule has 2 rings (SSSR count). The Balaban J connectivity index is 2.05. The summed E-state index contributed by atoms with van der Waals surface area (Å²) in [5.41, 5.74) is 5.83. The van der Waals surface area contributed by atoms with Crippen LogP contribution in [0, 0.1) is 5.41 Å². The molecule has 0 radical (unpaired) electrons. The fourth-order valence-corrected chi connectivity index (χ4v) is 2.63. The summed E-state index contributed by atoms with van der Waals surface area (Å²) < 4.78 is 5.43. The fraction of sp³-hybridized carbons (Fsp3) is 0.857. The molecule has 0 spiro atoms. The standard InChI is InChI=1S/C14H27N5O/c1-13(2,20-4)8-11-16-12(18-17-11)19-7-5-6-14(3,9-15)10-19/h5-10,15H2,1-4H3,(H,16,17,18). The van der Waals surface area contributed by atoms with E-state index in [1.807, 2.05) is 13.8 Å². The van der Waals surface area contributed by atoms with Crippen molar-refractivity contribution in [3.05, 3.63) is 5.82 Å². The number of piperidine rings is 1. The van der Waals surface area contributed by atoms with E-state index >= 15 is 0 Å². The monoisotopic (exact) mass is 281 g/mol. The highest BCUT2D eigenvalue weighted by Gasteiger charge is 2.31. The van der Waals surface area contributed by atoms with Gasteiger partial charge in [-0.1, -0.05) is 6.92 Å². The van der Waals surface area contributed by atoms with Crippen LogP contribution in [0.25, 0.3) is 0 Å². The Morgan fingerprint density at radius 2 is 2.25 bits per heavy atom. The molecular formula is C14H27N5O. The van der Waals surface area contributed by atoms with E-state index < -0.39 is 0 Å². The Morgan fingerprint density at radius 1 is 1.50 bits per heavy atom. The average molecular weight is 281 g/mol. The predicted molar refractivity (Wildman–Crippen MR) is 79.8 cm³/mol. The number of nitrogens with two attached hydrogens (primary N) is 1. The van der Waals surface area contributed by atoms with Crippen molar-refractivity contribution in [2.45, 2.75) is 45.6 Å². The second-order valence-corrected chi connectivity index (χ2v) is 6.76. The molecule has 6 nitrogen and oxygen atoms in total. The summed E-state index contributed by atoms with van der Waals surface area (Å²) in [6.45, 7) is 8.95. The summed E-state index contributed by atoms with van der Waals surface area (Å²) in [4.78, 5) is 6.84. The number of rotatable bonds is 5. The molecular weight excluding hydrogens is 254 g/mol. The second-order valence-electron chi connectivity index (χ2n) is 6.76. The van der Waals surface area contributed by atoms with Crippen LogP contribution in [0.2, 0.25) is 0 Å². The van der Waals surface area contributed by atoms with Crippen LogP contribution >= 0.6 is 0 Å². The van der Waals surface area contributed by atoms with Gasteiger partial charge >= 0.3 is 0 Å². The van der Waals surface area contributed by atoms with Crippen molar-refractivity contribution in [2.75, 3.05) is 31.6 Å². The molecule has 1 unspecified atom stereocenters. The van der Waals surface area contributed by atoms with Gasteiger partial charge in [-0.3, -0.25) is 5.10 Å². The van der Waals surface area contributed by atoms with Crippen molar-refractivity contribution in [2.24, 2.45) is 11.1 Å². The molecule has 20 heavy (non-hydrogen) atoms. The summed E-state index contributed by atoms with van der Waals surface area (Å²) in [5.74, 6) is 1.65. The predicted octanol–water partition coefficient (Wildman–Crippen LogP) is 1.34. The second kappa shape index (κ2) is 5.69. The van der Waals surface area contributed by atoms with E-state index in [1.165, 1.54) is 6.42 Å². The number of H-pyrrole nitrogens is 1. The molecule has 1 aliphatic rings. The lowest BCUT2D eigenvalue weighted by atomic mass is 9.82. The van der Waals surface area contributed by atoms with Crippen molar-refractivity contribution >= 4 is 5.95 Å². The number of anilines is 1. The van der Waals surface area contributed by atoms with E-state index in [2.05, 4.69) is 27.0 Å². The van der Waals surface area contributed by atoms with Gasteiger partial charge in [0, 0.05) is 26.6 Å². The van der Waals surface area contributed by atoms with E-state index in [0.717, 1.165) is 37.7 Å². The van der Waals surface area contributed by atoms with Crippen molar-refractivity contribution < 1.29 is 4.74 Å². The Kier molecular flexibility index (Phi) is 4.34. The molecule has 1 aliphatic heterocycles. The minimum absolute atomic E-state index is 0.171. The van der Waals surface area contributed by atoms with Gasteiger partial charge in [-0.15, -0.1) is 5.10 Å². The fourth-order valence-electron chi connectivity index (χ4n) is 2.63. The minimum atomic E-state index is -0.232. The van der Waals surface area contributed by atoms with Crippen LogP contribution in [0.4, 0.5) is 5.95 Å². The number of aromatic nitrogens is 3. The first-order chi connectivity index (χ1) is 9.37. The van der Waals surface area contributed by atoms with Crippen LogP contribution in [0.5, 0.6) is 0 Å². The zero-order valence-electron chi connectivity index (χ0n) is 13.1. The molecule has 2 heterocycles. The summed E-state index contributed by atoms with van der Waals surface area (Å²) in [5, 5.41) is 7.38. The molecule has 0 aliphatic carbocycles. The Bertz CT molecular complexity index is 445. The SMILES string of the molecule is COC(C)(C)Cc1nc(N2CCCC(C)(CN)C2)n[nH]1. The highest BCUT2D eigenvalue weighted by molar-refractivity contribution is 5.30. The van der Waals surface area contributed by atoms with E-state index in [0.29, 0.717) is 6.54 Å². The van der Waals surface area contributed by atoms with Gasteiger partial charge in [0.2, 0.25) is 5.95 Å². The first kappa shape index (κ1) is 15.3. The molecule has 0 bridgehead atoms. The van der Waals surface area contributed by atoms with Gasteiger partial charge in [-0.05, 0) is 38.6 Å². The summed E-state index contributed by atoms with van der Waals surface area (Å²) >= 11 is 0. The molecule has 1 fully saturated rings. The first-order valence-corrected chi connectivity index (χ1v) is 7.29. The number of ether oxygens (including phenoxy) is 1. The molecule has 0 amide bonds. The maximum absolute atomic E-state index is 5.89. The normalized spacial score (nSPS) is 24.1. The van der Waals surface area contributed by atoms with Gasteiger partial charge in [0.1, 0.15) is 5.82 Å². The number of aromatic amines is 1. The van der Waals surface area contributed by atoms with E-state index in [4.69, 9.17) is 10.5 Å². The van der Waals surface area contributed by atoms with Crippen LogP contribution < -0.4 is 10.6 Å². The zero-order valence-corrected chi connectivity index (χ0v) is 13.1. The van der Waals surface area contributed by atoms with Crippen molar-refractivity contribution in [3.8, 4) is 0 Å². The molecule has 1 saturated heterocycles. The number of methoxy groups -OCH3 is 1. The quantitative estimate of drug-likeness (QED) is 0.851. The van der Waals surface area contributed by atoms with Crippen molar-refractivity contribution in [3.63, 3.8) is 0 Å². The van der Waals surface area contributed by atoms with Gasteiger partial charge in [0.05, 0.1) is 5.60 Å². The number of hydrogen-bond donors (Lipinski definition) is 2. The van der Waals surface area contributed by atoms with Gasteiger partial charge in [0.25, 0.3) is 0 Å². The number of nitrogens with one attached hydrogen (secondary N) is 1. The van der Waals surface area contributed by atoms with Gasteiger partial charge in [-0.2, -0.15) is 4.98 Å². The number of nitrogens with zero attached hydrogens (tertiary/aromatic N) is 3. The van der Waals surface area contributed by atoms with E-state index in [1.54, 1.807) is 7.11 Å². The molecule has 0 saturated carbocycles. The van der Waals surface area contributed by atoms with Crippen LogP contribution in [0.15, 0.2) is 0 Å². The summed E-state index contributed by atoms with van der Waals surface area (Å²) in [6, 6.07) is 0. The molecule has 1 aromatic rings. The summed E-state index contributed by atoms with van der Waals surface area (Å²) in [7, 11) is 1.72. The van der Waals surface area contributed by atoms with Gasteiger partial charge < -0.3 is 15.4 Å². The van der Waals surface area contributed by atoms with Crippen LogP contribution in [-0.2, 0) is 11.2 Å². The van der Waals surface area contributed by atoms with E-state index in [9.17, 15) is 0 Å². The smallest absolute Gasteiger partial charge is 0.244 e. The molecule has 6 heteroatoms. The molecule has 114 valence electrons. The highest BCUT2D eigenvalue weighted by atomic mass is 16.5. The number of hydrogen-bond acceptors (Lipinski definition) is 5. The first-order valence-electron chi connectivity index (χ1n) is 7.29. The Morgan fingerprint density at radius 3 is 2.90 bits per heavy atom. The minimum Gasteiger partial charge on any atom is -0.378 e. The van der Waals surface area contributed by atoms with Crippen LogP contribution in [-0.4, -0.2) is 47.5 Å². The molecule has 3 N–H and O–H groups in total. The van der Waals surface area contributed by atoms with E-state index in [-0.39, 0.29) is 11.0 Å². The van der Waals surface area contributed by atoms with Gasteiger partial charge in [0.15, 0.2) is 0 Å². The van der Waals surface area contributed by atoms with Crippen molar-refractivity contribution in [1.29, 1.82) is 0 Å². The third kappa shape index (κ3) is 3.49. The van der Waals surface area contributed by atoms with Gasteiger partial charge in [-0.25, -0.2) is 0 Å². The zero-order chi connectivity index (χ0) is 14.8. The largest absolute Gasteiger partial charge is 0.378 e. The molecule has 1 aromatic heterocycles. The average Bonchev–Trinajstić information content (AvgIpc) is 2.87. The lowest BCUT2D eigenvalue weighted by Crippen LogP contribution is -2.46. The van der Waals surface area contributed by atoms with Crippen molar-refractivity contribution in [1.82, 2.24) is 15.2 Å². The van der Waals surface area contributed by atoms with Crippen LogP contribution in [0.1, 0.15) is 39.4 Å². The topological polar surface area (TPSA) is 80.1 Å². The summed E-state index contributed by atoms with van der Waals surface area (Å²) in [6.07, 6.45) is 3.04. The molecule has 0 aromatic carbocycles. The Labute approximate surface area is 121 Å². The lowest BCUT2D eigenvalue weighted by molar-refractivity contribution is 0.0216. The third-order valence-corrected chi connectivity index (χ3v) is 4.22. The lowest BCUT2D eigenvalue weighted by Gasteiger charge is -2.39. The molecule has 1 atom stereocenters. The van der Waals surface area contributed by atoms with Crippen LogP contribution in [0.3, 0.4) is 0 Å². The maximum atomic E-state index is 5.89. The Hall–Kier alpha value is -1.14. The highest BCUT2D eigenvalue weighted by Crippen LogP contribution is 2.30. The third-order valence-electron chi connectivity index (χ3n) is 4.22. The maximum Gasteiger partial charge on any atom is 0.244 e.